The number of carbonyl (C=O) groups excluding carboxylic acids is 1. The number of nitriles is 1. The Morgan fingerprint density at radius 3 is 2.39 bits per heavy atom. The van der Waals surface area contributed by atoms with Gasteiger partial charge in [0.2, 0.25) is 0 Å². The number of benzene rings is 1. The Balaban J connectivity index is 2.56. The third-order valence-electron chi connectivity index (χ3n) is 3.89. The molecule has 1 fully saturated rings. The topological polar surface area (TPSA) is 50.1 Å². The standard InChI is InChI=1S/C15H17NO2/c1-9-7-12(18-4)10(2)11(3)13(9)14(17)15(8-16)5-6-15/h7H,5-6H2,1-4H3. The predicted molar refractivity (Wildman–Crippen MR) is 68.8 cm³/mol. The van der Waals surface area contributed by atoms with Gasteiger partial charge in [0.05, 0.1) is 13.2 Å². The zero-order valence-electron chi connectivity index (χ0n) is 11.3. The summed E-state index contributed by atoms with van der Waals surface area (Å²) in [6.07, 6.45) is 1.37. The molecule has 0 unspecified atom stereocenters. The summed E-state index contributed by atoms with van der Waals surface area (Å²) in [4.78, 5) is 12.5. The van der Waals surface area contributed by atoms with Crippen LogP contribution in [0.15, 0.2) is 6.07 Å². The maximum Gasteiger partial charge on any atom is 0.183 e. The lowest BCUT2D eigenvalue weighted by atomic mass is 9.87. The van der Waals surface area contributed by atoms with Gasteiger partial charge in [-0.3, -0.25) is 4.79 Å². The largest absolute Gasteiger partial charge is 0.496 e. The molecule has 0 aromatic heterocycles. The van der Waals surface area contributed by atoms with Crippen LogP contribution in [-0.2, 0) is 0 Å². The average Bonchev–Trinajstić information content (AvgIpc) is 3.14. The molecular weight excluding hydrogens is 226 g/mol. The lowest BCUT2D eigenvalue weighted by molar-refractivity contribution is 0.0933. The molecule has 0 aliphatic heterocycles. The van der Waals surface area contributed by atoms with Gasteiger partial charge in [-0.1, -0.05) is 0 Å². The van der Waals surface area contributed by atoms with E-state index in [2.05, 4.69) is 6.07 Å². The van der Waals surface area contributed by atoms with Crippen LogP contribution >= 0.6 is 0 Å². The molecule has 0 heterocycles. The van der Waals surface area contributed by atoms with Crippen molar-refractivity contribution in [2.75, 3.05) is 7.11 Å². The SMILES string of the molecule is COc1cc(C)c(C(=O)C2(C#N)CC2)c(C)c1C. The summed E-state index contributed by atoms with van der Waals surface area (Å²) in [7, 11) is 1.63. The lowest BCUT2D eigenvalue weighted by Gasteiger charge is -2.16. The van der Waals surface area contributed by atoms with Crippen LogP contribution in [0.5, 0.6) is 5.75 Å². The summed E-state index contributed by atoms with van der Waals surface area (Å²) in [6.45, 7) is 5.76. The molecular formula is C15H17NO2. The summed E-state index contributed by atoms with van der Waals surface area (Å²) < 4.78 is 5.29. The monoisotopic (exact) mass is 243 g/mol. The summed E-state index contributed by atoms with van der Waals surface area (Å²) in [5, 5.41) is 9.14. The molecule has 0 radical (unpaired) electrons. The first-order valence-electron chi connectivity index (χ1n) is 6.07. The number of hydrogen-bond donors (Lipinski definition) is 0. The minimum absolute atomic E-state index is 0.0225. The van der Waals surface area contributed by atoms with E-state index in [1.54, 1.807) is 7.11 Å². The van der Waals surface area contributed by atoms with Crippen LogP contribution in [0.3, 0.4) is 0 Å². The molecule has 1 aromatic rings. The Bertz CT molecular complexity index is 563. The molecule has 1 saturated carbocycles. The van der Waals surface area contributed by atoms with Crippen molar-refractivity contribution >= 4 is 5.78 Å². The van der Waals surface area contributed by atoms with Gasteiger partial charge >= 0.3 is 0 Å². The lowest BCUT2D eigenvalue weighted by Crippen LogP contribution is -2.17. The van der Waals surface area contributed by atoms with E-state index in [1.165, 1.54) is 0 Å². The number of rotatable bonds is 3. The van der Waals surface area contributed by atoms with Crippen LogP contribution in [0.25, 0.3) is 0 Å². The number of ketones is 1. The second kappa shape index (κ2) is 4.13. The number of carbonyl (C=O) groups is 1. The summed E-state index contributed by atoms with van der Waals surface area (Å²) >= 11 is 0. The minimum atomic E-state index is -0.753. The van der Waals surface area contributed by atoms with Crippen LogP contribution in [0, 0.1) is 37.5 Å². The van der Waals surface area contributed by atoms with E-state index in [1.807, 2.05) is 26.8 Å². The van der Waals surface area contributed by atoms with E-state index in [9.17, 15) is 4.79 Å². The van der Waals surface area contributed by atoms with Gasteiger partial charge in [0.15, 0.2) is 5.78 Å². The van der Waals surface area contributed by atoms with E-state index in [0.717, 1.165) is 22.4 Å². The fourth-order valence-electron chi connectivity index (χ4n) is 2.36. The van der Waals surface area contributed by atoms with Gasteiger partial charge in [0.1, 0.15) is 11.2 Å². The zero-order valence-corrected chi connectivity index (χ0v) is 11.3. The fraction of sp³-hybridized carbons (Fsp3) is 0.467. The second-order valence-electron chi connectivity index (χ2n) is 5.04. The van der Waals surface area contributed by atoms with Gasteiger partial charge in [-0.25, -0.2) is 0 Å². The first-order chi connectivity index (χ1) is 8.46. The third kappa shape index (κ3) is 1.69. The van der Waals surface area contributed by atoms with E-state index < -0.39 is 5.41 Å². The Labute approximate surface area is 107 Å². The molecule has 1 aromatic carbocycles. The number of hydrogen-bond acceptors (Lipinski definition) is 3. The third-order valence-corrected chi connectivity index (χ3v) is 3.89. The maximum absolute atomic E-state index is 12.5. The summed E-state index contributed by atoms with van der Waals surface area (Å²) in [5.74, 6) is 0.772. The molecule has 0 bridgehead atoms. The highest BCUT2D eigenvalue weighted by Crippen LogP contribution is 2.48. The number of ether oxygens (including phenoxy) is 1. The van der Waals surface area contributed by atoms with Crippen molar-refractivity contribution in [2.24, 2.45) is 5.41 Å². The Hall–Kier alpha value is -1.82. The highest BCUT2D eigenvalue weighted by Gasteiger charge is 2.51. The highest BCUT2D eigenvalue weighted by molar-refractivity contribution is 6.06. The molecule has 0 amide bonds. The quantitative estimate of drug-likeness (QED) is 0.766. The van der Waals surface area contributed by atoms with Crippen molar-refractivity contribution in [2.45, 2.75) is 33.6 Å². The van der Waals surface area contributed by atoms with Gasteiger partial charge in [-0.05, 0) is 56.4 Å². The smallest absolute Gasteiger partial charge is 0.183 e. The van der Waals surface area contributed by atoms with E-state index in [4.69, 9.17) is 10.00 Å². The summed E-state index contributed by atoms with van der Waals surface area (Å²) in [6, 6.07) is 4.05. The Morgan fingerprint density at radius 1 is 1.33 bits per heavy atom. The number of nitrogens with zero attached hydrogens (tertiary/aromatic N) is 1. The zero-order chi connectivity index (χ0) is 13.5. The van der Waals surface area contributed by atoms with Crippen molar-refractivity contribution in [1.82, 2.24) is 0 Å². The van der Waals surface area contributed by atoms with Gasteiger partial charge in [0.25, 0.3) is 0 Å². The van der Waals surface area contributed by atoms with Gasteiger partial charge in [-0.15, -0.1) is 0 Å². The van der Waals surface area contributed by atoms with Gasteiger partial charge in [-0.2, -0.15) is 5.26 Å². The fourth-order valence-corrected chi connectivity index (χ4v) is 2.36. The molecule has 1 aliphatic rings. The molecule has 1 aliphatic carbocycles. The predicted octanol–water partition coefficient (Wildman–Crippen LogP) is 3.11. The molecule has 0 atom stereocenters. The van der Waals surface area contributed by atoms with Crippen LogP contribution in [0.1, 0.15) is 39.9 Å². The van der Waals surface area contributed by atoms with E-state index in [-0.39, 0.29) is 5.78 Å². The summed E-state index contributed by atoms with van der Waals surface area (Å²) in [5.41, 5.74) is 2.74. The Morgan fingerprint density at radius 2 is 1.94 bits per heavy atom. The molecule has 0 N–H and O–H groups in total. The average molecular weight is 243 g/mol. The number of aryl methyl sites for hydroxylation is 1. The molecule has 3 heteroatoms. The van der Waals surface area contributed by atoms with E-state index >= 15 is 0 Å². The van der Waals surface area contributed by atoms with Crippen LogP contribution in [-0.4, -0.2) is 12.9 Å². The molecule has 3 nitrogen and oxygen atoms in total. The molecule has 2 rings (SSSR count). The van der Waals surface area contributed by atoms with Crippen molar-refractivity contribution in [3.63, 3.8) is 0 Å². The van der Waals surface area contributed by atoms with Gasteiger partial charge < -0.3 is 4.74 Å². The van der Waals surface area contributed by atoms with Crippen LogP contribution in [0.2, 0.25) is 0 Å². The maximum atomic E-state index is 12.5. The van der Waals surface area contributed by atoms with Crippen LogP contribution in [0.4, 0.5) is 0 Å². The van der Waals surface area contributed by atoms with Crippen molar-refractivity contribution in [3.05, 3.63) is 28.3 Å². The second-order valence-corrected chi connectivity index (χ2v) is 5.04. The van der Waals surface area contributed by atoms with Crippen molar-refractivity contribution in [1.29, 1.82) is 5.26 Å². The van der Waals surface area contributed by atoms with Gasteiger partial charge in [0, 0.05) is 5.56 Å². The highest BCUT2D eigenvalue weighted by atomic mass is 16.5. The van der Waals surface area contributed by atoms with Crippen molar-refractivity contribution < 1.29 is 9.53 Å². The molecule has 0 saturated heterocycles. The number of Topliss-reactive ketones (excluding diaryl/α,β-unsaturated/α-hetero) is 1. The first kappa shape index (κ1) is 12.6. The Kier molecular flexibility index (Phi) is 2.90. The first-order valence-corrected chi connectivity index (χ1v) is 6.07. The van der Waals surface area contributed by atoms with E-state index in [0.29, 0.717) is 18.4 Å². The molecule has 18 heavy (non-hydrogen) atoms. The van der Waals surface area contributed by atoms with Crippen LogP contribution < -0.4 is 4.74 Å². The minimum Gasteiger partial charge on any atom is -0.496 e. The van der Waals surface area contributed by atoms with Crippen molar-refractivity contribution in [3.8, 4) is 11.8 Å². The number of methoxy groups -OCH3 is 1. The molecule has 94 valence electrons. The molecule has 0 spiro atoms. The normalized spacial score (nSPS) is 15.9.